The van der Waals surface area contributed by atoms with Crippen LogP contribution in [-0.4, -0.2) is 38.7 Å². The summed E-state index contributed by atoms with van der Waals surface area (Å²) in [7, 11) is -3.01. The van der Waals surface area contributed by atoms with Crippen molar-refractivity contribution in [3.63, 3.8) is 0 Å². The highest BCUT2D eigenvalue weighted by molar-refractivity contribution is 7.91. The Labute approximate surface area is 78.6 Å². The SMILES string of the molecule is CCS(=O)(=O)CCC1(F)CCNC1. The van der Waals surface area contributed by atoms with Crippen LogP contribution >= 0.6 is 0 Å². The van der Waals surface area contributed by atoms with E-state index < -0.39 is 15.5 Å². The molecule has 13 heavy (non-hydrogen) atoms. The molecule has 0 spiro atoms. The van der Waals surface area contributed by atoms with Crippen LogP contribution in [0.3, 0.4) is 0 Å². The summed E-state index contributed by atoms with van der Waals surface area (Å²) >= 11 is 0. The average Bonchev–Trinajstić information content (AvgIpc) is 2.50. The quantitative estimate of drug-likeness (QED) is 0.734. The Bertz CT molecular complexity index is 257. The largest absolute Gasteiger partial charge is 0.313 e. The van der Waals surface area contributed by atoms with Gasteiger partial charge in [0.2, 0.25) is 0 Å². The van der Waals surface area contributed by atoms with Crippen LogP contribution < -0.4 is 5.32 Å². The van der Waals surface area contributed by atoms with E-state index in [1.165, 1.54) is 0 Å². The van der Waals surface area contributed by atoms with Gasteiger partial charge in [-0.15, -0.1) is 0 Å². The van der Waals surface area contributed by atoms with Crippen LogP contribution in [0.2, 0.25) is 0 Å². The zero-order valence-corrected chi connectivity index (χ0v) is 8.66. The monoisotopic (exact) mass is 209 g/mol. The summed E-state index contributed by atoms with van der Waals surface area (Å²) < 4.78 is 35.9. The van der Waals surface area contributed by atoms with E-state index in [4.69, 9.17) is 0 Å². The first-order chi connectivity index (χ1) is 5.97. The van der Waals surface area contributed by atoms with Gasteiger partial charge in [-0.2, -0.15) is 0 Å². The predicted octanol–water partition coefficient (Wildman–Crippen LogP) is 0.513. The van der Waals surface area contributed by atoms with Gasteiger partial charge in [-0.05, 0) is 19.4 Å². The molecule has 1 fully saturated rings. The van der Waals surface area contributed by atoms with Crippen LogP contribution in [0.25, 0.3) is 0 Å². The molecule has 0 aromatic carbocycles. The van der Waals surface area contributed by atoms with Crippen molar-refractivity contribution in [1.29, 1.82) is 0 Å². The molecular formula is C8H16FNO2S. The first-order valence-corrected chi connectivity index (χ1v) is 6.40. The van der Waals surface area contributed by atoms with E-state index in [2.05, 4.69) is 5.32 Å². The molecule has 1 unspecified atom stereocenters. The zero-order valence-electron chi connectivity index (χ0n) is 7.85. The van der Waals surface area contributed by atoms with Crippen LogP contribution in [0.15, 0.2) is 0 Å². The van der Waals surface area contributed by atoms with Crippen LogP contribution in [0.5, 0.6) is 0 Å². The topological polar surface area (TPSA) is 46.2 Å². The standard InChI is InChI=1S/C8H16FNO2S/c1-2-13(11,12)6-4-8(9)3-5-10-7-8/h10H,2-7H2,1H3. The molecule has 5 heteroatoms. The molecule has 0 aromatic rings. The number of alkyl halides is 1. The number of sulfone groups is 1. The lowest BCUT2D eigenvalue weighted by atomic mass is 10.0. The maximum Gasteiger partial charge on any atom is 0.150 e. The molecule has 1 aliphatic rings. The van der Waals surface area contributed by atoms with Gasteiger partial charge in [0.15, 0.2) is 0 Å². The van der Waals surface area contributed by atoms with Crippen LogP contribution in [0.4, 0.5) is 4.39 Å². The third-order valence-corrected chi connectivity index (χ3v) is 4.20. The van der Waals surface area contributed by atoms with E-state index in [0.29, 0.717) is 19.5 Å². The molecular weight excluding hydrogens is 193 g/mol. The van der Waals surface area contributed by atoms with Gasteiger partial charge in [-0.1, -0.05) is 6.92 Å². The van der Waals surface area contributed by atoms with Gasteiger partial charge in [-0.25, -0.2) is 12.8 Å². The lowest BCUT2D eigenvalue weighted by molar-refractivity contribution is 0.185. The van der Waals surface area contributed by atoms with E-state index in [1.54, 1.807) is 6.92 Å². The summed E-state index contributed by atoms with van der Waals surface area (Å²) in [6.45, 7) is 2.54. The first-order valence-electron chi connectivity index (χ1n) is 4.57. The zero-order chi connectivity index (χ0) is 9.95. The van der Waals surface area contributed by atoms with Gasteiger partial charge in [0.1, 0.15) is 15.5 Å². The summed E-state index contributed by atoms with van der Waals surface area (Å²) in [6, 6.07) is 0. The Kier molecular flexibility index (Phi) is 3.29. The van der Waals surface area contributed by atoms with Gasteiger partial charge in [0.25, 0.3) is 0 Å². The van der Waals surface area contributed by atoms with E-state index in [-0.39, 0.29) is 17.9 Å². The molecule has 1 heterocycles. The van der Waals surface area contributed by atoms with Gasteiger partial charge in [0, 0.05) is 12.3 Å². The molecule has 0 aromatic heterocycles. The van der Waals surface area contributed by atoms with Crippen molar-refractivity contribution in [2.45, 2.75) is 25.4 Å². The van der Waals surface area contributed by atoms with Gasteiger partial charge in [0.05, 0.1) is 5.75 Å². The van der Waals surface area contributed by atoms with Crippen LogP contribution in [0.1, 0.15) is 19.8 Å². The summed E-state index contributed by atoms with van der Waals surface area (Å²) in [5.41, 5.74) is -1.29. The summed E-state index contributed by atoms with van der Waals surface area (Å²) in [5, 5.41) is 2.90. The molecule has 1 rings (SSSR count). The van der Waals surface area contributed by atoms with Crippen molar-refractivity contribution in [2.75, 3.05) is 24.6 Å². The summed E-state index contributed by atoms with van der Waals surface area (Å²) in [5.74, 6) is 0.0815. The third kappa shape index (κ3) is 3.23. The minimum absolute atomic E-state index is 0.0261. The maximum absolute atomic E-state index is 13.7. The van der Waals surface area contributed by atoms with Crippen molar-refractivity contribution in [3.8, 4) is 0 Å². The summed E-state index contributed by atoms with van der Waals surface area (Å²) in [6.07, 6.45) is 0.572. The lowest BCUT2D eigenvalue weighted by Crippen LogP contribution is -2.29. The Morgan fingerprint density at radius 3 is 2.69 bits per heavy atom. The molecule has 78 valence electrons. The highest BCUT2D eigenvalue weighted by Crippen LogP contribution is 2.24. The number of rotatable bonds is 4. The van der Waals surface area contributed by atoms with Gasteiger partial charge in [-0.3, -0.25) is 0 Å². The second-order valence-corrected chi connectivity index (χ2v) is 6.04. The molecule has 1 saturated heterocycles. The van der Waals surface area contributed by atoms with Crippen molar-refractivity contribution in [1.82, 2.24) is 5.32 Å². The van der Waals surface area contributed by atoms with E-state index in [9.17, 15) is 12.8 Å². The predicted molar refractivity (Wildman–Crippen MR) is 50.3 cm³/mol. The van der Waals surface area contributed by atoms with Crippen molar-refractivity contribution in [2.24, 2.45) is 0 Å². The number of nitrogens with one attached hydrogen (secondary N) is 1. The molecule has 1 aliphatic heterocycles. The third-order valence-electron chi connectivity index (χ3n) is 2.49. The first kappa shape index (κ1) is 10.9. The maximum atomic E-state index is 13.7. The number of hydrogen-bond donors (Lipinski definition) is 1. The molecule has 1 atom stereocenters. The second kappa shape index (κ2) is 3.92. The van der Waals surface area contributed by atoms with E-state index in [1.807, 2.05) is 0 Å². The van der Waals surface area contributed by atoms with Gasteiger partial charge >= 0.3 is 0 Å². The van der Waals surface area contributed by atoms with Crippen LogP contribution in [0, 0.1) is 0 Å². The average molecular weight is 209 g/mol. The molecule has 1 N–H and O–H groups in total. The Morgan fingerprint density at radius 1 is 1.54 bits per heavy atom. The van der Waals surface area contributed by atoms with Gasteiger partial charge < -0.3 is 5.32 Å². The van der Waals surface area contributed by atoms with Crippen molar-refractivity contribution < 1.29 is 12.8 Å². The fraction of sp³-hybridized carbons (Fsp3) is 1.00. The molecule has 0 amide bonds. The molecule has 0 bridgehead atoms. The minimum atomic E-state index is -3.01. The molecule has 0 radical (unpaired) electrons. The number of hydrogen-bond acceptors (Lipinski definition) is 3. The molecule has 3 nitrogen and oxygen atoms in total. The Morgan fingerprint density at radius 2 is 2.23 bits per heavy atom. The second-order valence-electron chi connectivity index (χ2n) is 3.56. The number of halogens is 1. The molecule has 0 aliphatic carbocycles. The fourth-order valence-electron chi connectivity index (χ4n) is 1.41. The van der Waals surface area contributed by atoms with E-state index >= 15 is 0 Å². The summed E-state index contributed by atoms with van der Waals surface area (Å²) in [4.78, 5) is 0. The Balaban J connectivity index is 2.42. The highest BCUT2D eigenvalue weighted by Gasteiger charge is 2.34. The van der Waals surface area contributed by atoms with Crippen LogP contribution in [-0.2, 0) is 9.84 Å². The normalized spacial score (nSPS) is 29.4. The molecule has 0 saturated carbocycles. The van der Waals surface area contributed by atoms with Crippen molar-refractivity contribution in [3.05, 3.63) is 0 Å². The fourth-order valence-corrected chi connectivity index (χ4v) is 2.37. The minimum Gasteiger partial charge on any atom is -0.313 e. The smallest absolute Gasteiger partial charge is 0.150 e. The Hall–Kier alpha value is -0.160. The highest BCUT2D eigenvalue weighted by atomic mass is 32.2. The van der Waals surface area contributed by atoms with E-state index in [0.717, 1.165) is 0 Å². The lowest BCUT2D eigenvalue weighted by Gasteiger charge is -2.17. The van der Waals surface area contributed by atoms with Crippen molar-refractivity contribution >= 4 is 9.84 Å².